The average molecular weight is 258 g/mol. The lowest BCUT2D eigenvalue weighted by molar-refractivity contribution is -0.144. The van der Waals surface area contributed by atoms with Gasteiger partial charge in [0.25, 0.3) is 6.47 Å². The van der Waals surface area contributed by atoms with Crippen LogP contribution in [0.3, 0.4) is 0 Å². The van der Waals surface area contributed by atoms with Gasteiger partial charge < -0.3 is 9.47 Å². The third kappa shape index (κ3) is 11.4. The van der Waals surface area contributed by atoms with Crippen molar-refractivity contribution in [3.63, 3.8) is 0 Å². The van der Waals surface area contributed by atoms with Crippen molar-refractivity contribution in [2.75, 3.05) is 6.61 Å². The summed E-state index contributed by atoms with van der Waals surface area (Å²) in [5.41, 5.74) is 0. The minimum atomic E-state index is -0.115. The van der Waals surface area contributed by atoms with Gasteiger partial charge in [0.05, 0.1) is 12.7 Å². The van der Waals surface area contributed by atoms with Crippen LogP contribution < -0.4 is 0 Å². The summed E-state index contributed by atoms with van der Waals surface area (Å²) in [5, 5.41) is 0. The van der Waals surface area contributed by atoms with Crippen molar-refractivity contribution < 1.29 is 19.1 Å². The van der Waals surface area contributed by atoms with Crippen LogP contribution in [-0.4, -0.2) is 25.2 Å². The van der Waals surface area contributed by atoms with Gasteiger partial charge in [-0.25, -0.2) is 0 Å². The van der Waals surface area contributed by atoms with Crippen LogP contribution in [0.5, 0.6) is 0 Å². The van der Waals surface area contributed by atoms with Crippen LogP contribution in [0.4, 0.5) is 0 Å². The van der Waals surface area contributed by atoms with E-state index in [2.05, 4.69) is 6.92 Å². The van der Waals surface area contributed by atoms with Gasteiger partial charge in [0, 0.05) is 6.42 Å². The van der Waals surface area contributed by atoms with Gasteiger partial charge in [0.2, 0.25) is 0 Å². The lowest BCUT2D eigenvalue weighted by atomic mass is 10.1. The number of rotatable bonds is 12. The Morgan fingerprint density at radius 1 is 1.17 bits per heavy atom. The first-order valence-electron chi connectivity index (χ1n) is 6.95. The molecule has 0 aromatic carbocycles. The van der Waals surface area contributed by atoms with Crippen LogP contribution in [-0.2, 0) is 19.1 Å². The minimum Gasteiger partial charge on any atom is -0.466 e. The molecule has 0 aliphatic carbocycles. The summed E-state index contributed by atoms with van der Waals surface area (Å²) in [6.07, 6.45) is 7.34. The van der Waals surface area contributed by atoms with Gasteiger partial charge in [0.1, 0.15) is 0 Å². The summed E-state index contributed by atoms with van der Waals surface area (Å²) in [6, 6.07) is 0. The van der Waals surface area contributed by atoms with Crippen LogP contribution >= 0.6 is 0 Å². The molecule has 106 valence electrons. The molecule has 0 amide bonds. The number of hydrogen-bond donors (Lipinski definition) is 0. The SMILES string of the molecule is CCCCCCOC(=O)CCCCC(C)OC=O. The van der Waals surface area contributed by atoms with E-state index in [1.165, 1.54) is 12.8 Å². The highest BCUT2D eigenvalue weighted by atomic mass is 16.5. The van der Waals surface area contributed by atoms with Crippen molar-refractivity contribution in [3.8, 4) is 0 Å². The fourth-order valence-electron chi connectivity index (χ4n) is 1.65. The first-order valence-corrected chi connectivity index (χ1v) is 6.95. The van der Waals surface area contributed by atoms with Crippen LogP contribution in [0, 0.1) is 0 Å². The number of carbonyl (C=O) groups excluding carboxylic acids is 2. The van der Waals surface area contributed by atoms with Gasteiger partial charge in [-0.3, -0.25) is 9.59 Å². The molecule has 0 saturated carbocycles. The van der Waals surface area contributed by atoms with Crippen molar-refractivity contribution in [1.82, 2.24) is 0 Å². The van der Waals surface area contributed by atoms with Crippen molar-refractivity contribution >= 4 is 12.4 Å². The molecule has 0 fully saturated rings. The molecule has 1 atom stereocenters. The average Bonchev–Trinajstić information content (AvgIpc) is 2.35. The summed E-state index contributed by atoms with van der Waals surface area (Å²) in [6.45, 7) is 5.01. The third-order valence-corrected chi connectivity index (χ3v) is 2.79. The van der Waals surface area contributed by atoms with Crippen molar-refractivity contribution in [2.24, 2.45) is 0 Å². The summed E-state index contributed by atoms with van der Waals surface area (Å²) >= 11 is 0. The van der Waals surface area contributed by atoms with Crippen molar-refractivity contribution in [1.29, 1.82) is 0 Å². The lowest BCUT2D eigenvalue weighted by Gasteiger charge is -2.08. The normalized spacial score (nSPS) is 11.9. The highest BCUT2D eigenvalue weighted by molar-refractivity contribution is 5.69. The van der Waals surface area contributed by atoms with E-state index >= 15 is 0 Å². The molecule has 0 heterocycles. The van der Waals surface area contributed by atoms with E-state index < -0.39 is 0 Å². The maximum absolute atomic E-state index is 11.3. The Hall–Kier alpha value is -1.06. The van der Waals surface area contributed by atoms with E-state index in [0.717, 1.165) is 32.1 Å². The Labute approximate surface area is 110 Å². The zero-order chi connectivity index (χ0) is 13.6. The number of esters is 1. The smallest absolute Gasteiger partial charge is 0.305 e. The highest BCUT2D eigenvalue weighted by Crippen LogP contribution is 2.07. The number of unbranched alkanes of at least 4 members (excludes halogenated alkanes) is 4. The molecular weight excluding hydrogens is 232 g/mol. The van der Waals surface area contributed by atoms with Gasteiger partial charge in [-0.1, -0.05) is 26.2 Å². The standard InChI is InChI=1S/C14H26O4/c1-3-4-5-8-11-17-14(16)10-7-6-9-13(2)18-12-15/h12-13H,3-11H2,1-2H3. The van der Waals surface area contributed by atoms with E-state index in [4.69, 9.17) is 9.47 Å². The quantitative estimate of drug-likeness (QED) is 0.306. The molecule has 0 aromatic heterocycles. The molecule has 0 spiro atoms. The fraction of sp³-hybridized carbons (Fsp3) is 0.857. The molecule has 0 aliphatic heterocycles. The first-order chi connectivity index (χ1) is 8.70. The van der Waals surface area contributed by atoms with E-state index in [-0.39, 0.29) is 12.1 Å². The Morgan fingerprint density at radius 2 is 1.94 bits per heavy atom. The fourth-order valence-corrected chi connectivity index (χ4v) is 1.65. The zero-order valence-electron chi connectivity index (χ0n) is 11.7. The Balaban J connectivity index is 3.29. The molecule has 0 rings (SSSR count). The Bertz CT molecular complexity index is 216. The molecule has 0 N–H and O–H groups in total. The number of ether oxygens (including phenoxy) is 2. The minimum absolute atomic E-state index is 0.0624. The van der Waals surface area contributed by atoms with Crippen LogP contribution in [0.1, 0.15) is 65.2 Å². The van der Waals surface area contributed by atoms with Gasteiger partial charge in [0.15, 0.2) is 0 Å². The monoisotopic (exact) mass is 258 g/mol. The second-order valence-electron chi connectivity index (χ2n) is 4.57. The molecule has 0 bridgehead atoms. The van der Waals surface area contributed by atoms with Gasteiger partial charge >= 0.3 is 5.97 Å². The summed E-state index contributed by atoms with van der Waals surface area (Å²) in [5.74, 6) is -0.115. The predicted octanol–water partition coefficient (Wildman–Crippen LogP) is 3.23. The number of carbonyl (C=O) groups is 2. The molecule has 18 heavy (non-hydrogen) atoms. The molecule has 0 aromatic rings. The Kier molecular flexibility index (Phi) is 11.7. The van der Waals surface area contributed by atoms with E-state index in [1.807, 2.05) is 6.92 Å². The lowest BCUT2D eigenvalue weighted by Crippen LogP contribution is -2.08. The molecular formula is C14H26O4. The van der Waals surface area contributed by atoms with Crippen LogP contribution in [0.25, 0.3) is 0 Å². The maximum atomic E-state index is 11.3. The first kappa shape index (κ1) is 16.9. The van der Waals surface area contributed by atoms with Gasteiger partial charge in [-0.05, 0) is 32.6 Å². The summed E-state index contributed by atoms with van der Waals surface area (Å²) in [7, 11) is 0. The molecule has 1 unspecified atom stereocenters. The van der Waals surface area contributed by atoms with E-state index in [0.29, 0.717) is 19.5 Å². The second kappa shape index (κ2) is 12.4. The third-order valence-electron chi connectivity index (χ3n) is 2.79. The van der Waals surface area contributed by atoms with Crippen molar-refractivity contribution in [3.05, 3.63) is 0 Å². The summed E-state index contributed by atoms with van der Waals surface area (Å²) < 4.78 is 9.87. The highest BCUT2D eigenvalue weighted by Gasteiger charge is 2.05. The van der Waals surface area contributed by atoms with Crippen LogP contribution in [0.2, 0.25) is 0 Å². The van der Waals surface area contributed by atoms with E-state index in [9.17, 15) is 9.59 Å². The van der Waals surface area contributed by atoms with Crippen LogP contribution in [0.15, 0.2) is 0 Å². The molecule has 0 radical (unpaired) electrons. The van der Waals surface area contributed by atoms with E-state index in [1.54, 1.807) is 0 Å². The molecule has 0 aliphatic rings. The second-order valence-corrected chi connectivity index (χ2v) is 4.57. The molecule has 0 saturated heterocycles. The largest absolute Gasteiger partial charge is 0.466 e. The maximum Gasteiger partial charge on any atom is 0.305 e. The van der Waals surface area contributed by atoms with Gasteiger partial charge in [-0.2, -0.15) is 0 Å². The molecule has 4 nitrogen and oxygen atoms in total. The number of hydrogen-bond acceptors (Lipinski definition) is 4. The topological polar surface area (TPSA) is 52.6 Å². The Morgan fingerprint density at radius 3 is 2.61 bits per heavy atom. The van der Waals surface area contributed by atoms with Crippen molar-refractivity contribution in [2.45, 2.75) is 71.3 Å². The predicted molar refractivity (Wildman–Crippen MR) is 70.2 cm³/mol. The summed E-state index contributed by atoms with van der Waals surface area (Å²) in [4.78, 5) is 21.4. The zero-order valence-corrected chi connectivity index (χ0v) is 11.7. The van der Waals surface area contributed by atoms with Gasteiger partial charge in [-0.15, -0.1) is 0 Å². The molecule has 4 heteroatoms.